The van der Waals surface area contributed by atoms with Crippen LogP contribution in [0.5, 0.6) is 0 Å². The summed E-state index contributed by atoms with van der Waals surface area (Å²) in [6, 6.07) is 26.6. The summed E-state index contributed by atoms with van der Waals surface area (Å²) in [4.78, 5) is 2.88. The number of hydrogen-bond donors (Lipinski definition) is 1. The van der Waals surface area contributed by atoms with Crippen molar-refractivity contribution in [2.45, 2.75) is 50.0 Å². The summed E-state index contributed by atoms with van der Waals surface area (Å²) >= 11 is 0. The second kappa shape index (κ2) is 11.1. The molecule has 4 rings (SSSR count). The van der Waals surface area contributed by atoms with Crippen LogP contribution >= 0.6 is 0 Å². The molecule has 4 nitrogen and oxygen atoms in total. The van der Waals surface area contributed by atoms with E-state index in [0.717, 1.165) is 36.9 Å². The topological polar surface area (TPSA) is 49.4 Å². The van der Waals surface area contributed by atoms with Gasteiger partial charge in [0.2, 0.25) is 10.0 Å². The van der Waals surface area contributed by atoms with E-state index >= 15 is 0 Å². The van der Waals surface area contributed by atoms with Crippen LogP contribution in [0.3, 0.4) is 0 Å². The lowest BCUT2D eigenvalue weighted by atomic mass is 10.0. The van der Waals surface area contributed by atoms with Gasteiger partial charge in [-0.1, -0.05) is 66.7 Å². The summed E-state index contributed by atoms with van der Waals surface area (Å²) in [7, 11) is -3.50. The minimum absolute atomic E-state index is 0.308. The van der Waals surface area contributed by atoms with Crippen LogP contribution in [0.4, 0.5) is 0 Å². The number of nitrogens with one attached hydrogen (secondary N) is 1. The molecule has 1 atom stereocenters. The molecule has 1 unspecified atom stereocenters. The van der Waals surface area contributed by atoms with Gasteiger partial charge in [-0.15, -0.1) is 0 Å². The average Bonchev–Trinajstić information content (AvgIpc) is 3.26. The summed E-state index contributed by atoms with van der Waals surface area (Å²) in [6.45, 7) is 5.08. The van der Waals surface area contributed by atoms with Gasteiger partial charge in [0, 0.05) is 19.1 Å². The van der Waals surface area contributed by atoms with Crippen molar-refractivity contribution in [2.75, 3.05) is 19.6 Å². The molecular weight excluding hydrogens is 428 g/mol. The van der Waals surface area contributed by atoms with Gasteiger partial charge in [0.25, 0.3) is 0 Å². The predicted octanol–water partition coefficient (Wildman–Crippen LogP) is 5.29. The Bertz CT molecular complexity index is 1110. The Morgan fingerprint density at radius 2 is 1.48 bits per heavy atom. The number of sulfonamides is 1. The van der Waals surface area contributed by atoms with Crippen LogP contribution in [0.25, 0.3) is 11.1 Å². The van der Waals surface area contributed by atoms with Gasteiger partial charge in [0.05, 0.1) is 4.90 Å². The highest BCUT2D eigenvalue weighted by Gasteiger charge is 2.19. The van der Waals surface area contributed by atoms with Crippen LogP contribution < -0.4 is 4.72 Å². The number of hydrogen-bond acceptors (Lipinski definition) is 3. The molecule has 1 aliphatic rings. The van der Waals surface area contributed by atoms with Crippen molar-refractivity contribution in [3.63, 3.8) is 0 Å². The molecule has 0 aromatic heterocycles. The fourth-order valence-corrected chi connectivity index (χ4v) is 5.59. The van der Waals surface area contributed by atoms with Gasteiger partial charge < -0.3 is 4.90 Å². The molecule has 174 valence electrons. The normalized spacial score (nSPS) is 16.8. The second-order valence-electron chi connectivity index (χ2n) is 8.99. The summed E-state index contributed by atoms with van der Waals surface area (Å²) in [5.74, 6) is 0. The van der Waals surface area contributed by atoms with Crippen molar-refractivity contribution >= 4 is 10.0 Å². The molecule has 1 aliphatic heterocycles. The first-order valence-corrected chi connectivity index (χ1v) is 13.5. The first-order chi connectivity index (χ1) is 16.0. The predicted molar refractivity (Wildman–Crippen MR) is 136 cm³/mol. The summed E-state index contributed by atoms with van der Waals surface area (Å²) in [5.41, 5.74) is 4.69. The van der Waals surface area contributed by atoms with Gasteiger partial charge in [0.1, 0.15) is 0 Å². The maximum absolute atomic E-state index is 12.6. The van der Waals surface area contributed by atoms with E-state index in [-0.39, 0.29) is 0 Å². The monoisotopic (exact) mass is 462 g/mol. The SMILES string of the molecule is CC1CCCN1CCc1ccc(-c2ccc(S(=O)(=O)NCCCc3ccccc3)cc2)cc1. The van der Waals surface area contributed by atoms with Crippen LogP contribution in [0.1, 0.15) is 37.3 Å². The van der Waals surface area contributed by atoms with Gasteiger partial charge in [-0.2, -0.15) is 0 Å². The summed E-state index contributed by atoms with van der Waals surface area (Å²) in [5, 5.41) is 0. The zero-order chi connectivity index (χ0) is 23.1. The highest BCUT2D eigenvalue weighted by atomic mass is 32.2. The van der Waals surface area contributed by atoms with E-state index in [4.69, 9.17) is 0 Å². The van der Waals surface area contributed by atoms with Crippen molar-refractivity contribution in [1.29, 1.82) is 0 Å². The zero-order valence-corrected chi connectivity index (χ0v) is 20.2. The molecular formula is C28H34N2O2S. The van der Waals surface area contributed by atoms with Crippen LogP contribution in [0.2, 0.25) is 0 Å². The van der Waals surface area contributed by atoms with Crippen molar-refractivity contribution < 1.29 is 8.42 Å². The van der Waals surface area contributed by atoms with Crippen LogP contribution in [0, 0.1) is 0 Å². The fourth-order valence-electron chi connectivity index (χ4n) is 4.52. The quantitative estimate of drug-likeness (QED) is 0.417. The maximum Gasteiger partial charge on any atom is 0.240 e. The first-order valence-electron chi connectivity index (χ1n) is 12.0. The molecule has 33 heavy (non-hydrogen) atoms. The Kier molecular flexibility index (Phi) is 7.97. The number of likely N-dealkylation sites (tertiary alicyclic amines) is 1. The standard InChI is InChI=1S/C28H34N2O2S/c1-23-7-6-21-30(23)22-19-25-11-13-26(14-12-25)27-15-17-28(18-16-27)33(31,32)29-20-5-10-24-8-3-2-4-9-24/h2-4,8-9,11-18,23,29H,5-7,10,19-22H2,1H3. The van der Waals surface area contributed by atoms with E-state index in [1.54, 1.807) is 12.1 Å². The lowest BCUT2D eigenvalue weighted by molar-refractivity contribution is 0.272. The van der Waals surface area contributed by atoms with Gasteiger partial charge in [-0.3, -0.25) is 0 Å². The molecule has 0 amide bonds. The molecule has 1 N–H and O–H groups in total. The molecule has 0 aliphatic carbocycles. The minimum atomic E-state index is -3.50. The summed E-state index contributed by atoms with van der Waals surface area (Å²) in [6.07, 6.45) is 5.32. The zero-order valence-electron chi connectivity index (χ0n) is 19.4. The third-order valence-electron chi connectivity index (χ3n) is 6.61. The van der Waals surface area contributed by atoms with Crippen LogP contribution in [0.15, 0.2) is 83.8 Å². The van der Waals surface area contributed by atoms with Crippen molar-refractivity contribution in [1.82, 2.24) is 9.62 Å². The van der Waals surface area contributed by atoms with Gasteiger partial charge in [-0.05, 0) is 80.0 Å². The lowest BCUT2D eigenvalue weighted by Gasteiger charge is -2.20. The Morgan fingerprint density at radius 3 is 2.12 bits per heavy atom. The number of rotatable bonds is 10. The lowest BCUT2D eigenvalue weighted by Crippen LogP contribution is -2.28. The third-order valence-corrected chi connectivity index (χ3v) is 8.08. The van der Waals surface area contributed by atoms with Crippen LogP contribution in [-0.2, 0) is 22.9 Å². The van der Waals surface area contributed by atoms with Crippen molar-refractivity contribution in [2.24, 2.45) is 0 Å². The van der Waals surface area contributed by atoms with E-state index in [1.165, 1.54) is 30.5 Å². The average molecular weight is 463 g/mol. The van der Waals surface area contributed by atoms with Gasteiger partial charge >= 0.3 is 0 Å². The molecule has 0 bridgehead atoms. The summed E-state index contributed by atoms with van der Waals surface area (Å²) < 4.78 is 28.0. The fraction of sp³-hybridized carbons (Fsp3) is 0.357. The van der Waals surface area contributed by atoms with Crippen molar-refractivity contribution in [3.05, 3.63) is 90.0 Å². The van der Waals surface area contributed by atoms with E-state index < -0.39 is 10.0 Å². The smallest absolute Gasteiger partial charge is 0.240 e. The highest BCUT2D eigenvalue weighted by molar-refractivity contribution is 7.89. The Hall–Kier alpha value is -2.47. The Balaban J connectivity index is 1.29. The molecule has 1 heterocycles. The number of benzene rings is 3. The molecule has 0 spiro atoms. The second-order valence-corrected chi connectivity index (χ2v) is 10.8. The molecule has 1 saturated heterocycles. The molecule has 0 saturated carbocycles. The molecule has 0 radical (unpaired) electrons. The number of nitrogens with zero attached hydrogens (tertiary/aromatic N) is 1. The minimum Gasteiger partial charge on any atom is -0.300 e. The van der Waals surface area contributed by atoms with E-state index in [2.05, 4.69) is 52.9 Å². The van der Waals surface area contributed by atoms with Gasteiger partial charge in [0.15, 0.2) is 0 Å². The first kappa shape index (κ1) is 23.7. The van der Waals surface area contributed by atoms with E-state index in [9.17, 15) is 8.42 Å². The number of aryl methyl sites for hydroxylation is 1. The Morgan fingerprint density at radius 1 is 0.848 bits per heavy atom. The molecule has 5 heteroatoms. The largest absolute Gasteiger partial charge is 0.300 e. The van der Waals surface area contributed by atoms with E-state index in [0.29, 0.717) is 17.5 Å². The van der Waals surface area contributed by atoms with E-state index in [1.807, 2.05) is 30.3 Å². The highest BCUT2D eigenvalue weighted by Crippen LogP contribution is 2.23. The molecule has 3 aromatic rings. The van der Waals surface area contributed by atoms with Crippen molar-refractivity contribution in [3.8, 4) is 11.1 Å². The van der Waals surface area contributed by atoms with Crippen LogP contribution in [-0.4, -0.2) is 39.0 Å². The van der Waals surface area contributed by atoms with Gasteiger partial charge in [-0.25, -0.2) is 13.1 Å². The maximum atomic E-state index is 12.6. The molecule has 3 aromatic carbocycles. The molecule has 1 fully saturated rings. The Labute approximate surface area is 198 Å². The third kappa shape index (κ3) is 6.53.